The van der Waals surface area contributed by atoms with Crippen molar-refractivity contribution >= 4 is 23.5 Å². The number of rotatable bonds is 9. The van der Waals surface area contributed by atoms with Gasteiger partial charge in [0.1, 0.15) is 5.76 Å². The number of ketones is 1. The summed E-state index contributed by atoms with van der Waals surface area (Å²) < 4.78 is 12.3. The molecule has 0 amide bonds. The molecule has 0 aromatic carbocycles. The number of H-pyrrole nitrogens is 1. The van der Waals surface area contributed by atoms with Gasteiger partial charge >= 0.3 is 5.97 Å². The van der Waals surface area contributed by atoms with Gasteiger partial charge in [-0.15, -0.1) is 16.8 Å². The Labute approximate surface area is 178 Å². The molecule has 0 aliphatic carbocycles. The molecule has 0 unspecified atom stereocenters. The molecule has 3 rings (SSSR count). The number of hydrogen-bond acceptors (Lipinski definition) is 7. The van der Waals surface area contributed by atoms with Crippen LogP contribution in [-0.4, -0.2) is 43.9 Å². The minimum absolute atomic E-state index is 0.134. The van der Waals surface area contributed by atoms with Crippen LogP contribution in [-0.2, 0) is 11.3 Å². The number of nitrogens with one attached hydrogen (secondary N) is 1. The van der Waals surface area contributed by atoms with Crippen LogP contribution in [0.2, 0.25) is 0 Å². The lowest BCUT2D eigenvalue weighted by Crippen LogP contribution is -2.09. The van der Waals surface area contributed by atoms with E-state index in [9.17, 15) is 9.59 Å². The highest BCUT2D eigenvalue weighted by Gasteiger charge is 2.24. The second-order valence-electron chi connectivity index (χ2n) is 6.65. The number of aryl methyl sites for hydroxylation is 2. The predicted octanol–water partition coefficient (Wildman–Crippen LogP) is 4.13. The van der Waals surface area contributed by atoms with Crippen LogP contribution in [0.4, 0.5) is 0 Å². The number of furan rings is 1. The molecule has 0 spiro atoms. The Kier molecular flexibility index (Phi) is 6.61. The zero-order valence-corrected chi connectivity index (χ0v) is 18.3. The highest BCUT2D eigenvalue weighted by atomic mass is 32.2. The first-order valence-electron chi connectivity index (χ1n) is 9.49. The second-order valence-corrected chi connectivity index (χ2v) is 7.60. The number of allylic oxidation sites excluding steroid dienone is 1. The van der Waals surface area contributed by atoms with E-state index >= 15 is 0 Å². The molecule has 158 valence electrons. The number of carbonyl (C=O) groups is 2. The summed E-state index contributed by atoms with van der Waals surface area (Å²) in [7, 11) is 0. The molecular weight excluding hydrogens is 404 g/mol. The van der Waals surface area contributed by atoms with Crippen LogP contribution in [0, 0.1) is 20.8 Å². The third-order valence-electron chi connectivity index (χ3n) is 4.66. The summed E-state index contributed by atoms with van der Waals surface area (Å²) in [4.78, 5) is 28.0. The Hall–Kier alpha value is -3.07. The van der Waals surface area contributed by atoms with Crippen LogP contribution in [0.3, 0.4) is 0 Å². The van der Waals surface area contributed by atoms with E-state index in [1.54, 1.807) is 33.1 Å². The smallest absolute Gasteiger partial charge is 0.340 e. The topological polar surface area (TPSA) is 103 Å². The summed E-state index contributed by atoms with van der Waals surface area (Å²) in [5.41, 5.74) is 2.88. The number of esters is 1. The van der Waals surface area contributed by atoms with Gasteiger partial charge in [-0.05, 0) is 39.3 Å². The summed E-state index contributed by atoms with van der Waals surface area (Å²) in [5, 5.41) is 9.12. The zero-order valence-electron chi connectivity index (χ0n) is 17.4. The molecule has 3 aromatic heterocycles. The molecule has 9 heteroatoms. The van der Waals surface area contributed by atoms with Gasteiger partial charge in [0.15, 0.2) is 16.8 Å². The van der Waals surface area contributed by atoms with E-state index in [1.165, 1.54) is 11.8 Å². The summed E-state index contributed by atoms with van der Waals surface area (Å²) in [6.45, 7) is 11.7. The monoisotopic (exact) mass is 428 g/mol. The van der Waals surface area contributed by atoms with E-state index in [-0.39, 0.29) is 18.1 Å². The Morgan fingerprint density at radius 1 is 1.33 bits per heavy atom. The number of carbonyl (C=O) groups excluding carboxylic acids is 2. The first-order valence-corrected chi connectivity index (χ1v) is 10.5. The van der Waals surface area contributed by atoms with Crippen LogP contribution >= 0.6 is 11.8 Å². The SMILES string of the molecule is C=CCn1c(SCC(=O)c2[nH]c(C)c(C(=O)OCC)c2C)nnc1-c1ccoc1C. The summed E-state index contributed by atoms with van der Waals surface area (Å²) in [6.07, 6.45) is 3.35. The van der Waals surface area contributed by atoms with Gasteiger partial charge in [0, 0.05) is 12.2 Å². The van der Waals surface area contributed by atoms with Crippen LogP contribution in [0.15, 0.2) is 34.6 Å². The quantitative estimate of drug-likeness (QED) is 0.236. The fourth-order valence-electron chi connectivity index (χ4n) is 3.25. The number of aromatic nitrogens is 4. The van der Waals surface area contributed by atoms with Crippen molar-refractivity contribution in [3.05, 3.63) is 53.3 Å². The van der Waals surface area contributed by atoms with Crippen LogP contribution in [0.25, 0.3) is 11.4 Å². The molecular formula is C21H24N4O4S. The van der Waals surface area contributed by atoms with Crippen molar-refractivity contribution in [2.24, 2.45) is 0 Å². The molecule has 1 N–H and O–H groups in total. The first kappa shape index (κ1) is 21.6. The van der Waals surface area contributed by atoms with E-state index in [0.29, 0.717) is 40.0 Å². The standard InChI is InChI=1S/C21H24N4O4S/c1-6-9-25-19(15-8-10-29-14(15)5)23-24-21(25)30-11-16(26)18-12(3)17(13(4)22-18)20(27)28-7-2/h6,8,10,22H,1,7,9,11H2,2-5H3. The molecule has 8 nitrogen and oxygen atoms in total. The average Bonchev–Trinajstić information content (AvgIpc) is 3.38. The van der Waals surface area contributed by atoms with Crippen molar-refractivity contribution in [2.75, 3.05) is 12.4 Å². The molecule has 0 radical (unpaired) electrons. The van der Waals surface area contributed by atoms with E-state index in [2.05, 4.69) is 21.8 Å². The van der Waals surface area contributed by atoms with Crippen LogP contribution in [0.1, 0.15) is 44.8 Å². The van der Waals surface area contributed by atoms with Crippen molar-refractivity contribution in [1.29, 1.82) is 0 Å². The van der Waals surface area contributed by atoms with Crippen molar-refractivity contribution in [3.8, 4) is 11.4 Å². The predicted molar refractivity (Wildman–Crippen MR) is 114 cm³/mol. The maximum Gasteiger partial charge on any atom is 0.340 e. The minimum Gasteiger partial charge on any atom is -0.469 e. The van der Waals surface area contributed by atoms with E-state index < -0.39 is 5.97 Å². The third-order valence-corrected chi connectivity index (χ3v) is 5.62. The Balaban J connectivity index is 1.81. The highest BCUT2D eigenvalue weighted by Crippen LogP contribution is 2.28. The molecule has 30 heavy (non-hydrogen) atoms. The third kappa shape index (κ3) is 4.11. The fraction of sp³-hybridized carbons (Fsp3) is 0.333. The van der Waals surface area contributed by atoms with Crippen LogP contribution < -0.4 is 0 Å². The Morgan fingerprint density at radius 3 is 2.73 bits per heavy atom. The summed E-state index contributed by atoms with van der Waals surface area (Å²) in [6, 6.07) is 1.83. The van der Waals surface area contributed by atoms with Gasteiger partial charge in [0.2, 0.25) is 0 Å². The molecule has 0 atom stereocenters. The van der Waals surface area contributed by atoms with Gasteiger partial charge < -0.3 is 14.1 Å². The lowest BCUT2D eigenvalue weighted by atomic mass is 10.1. The number of nitrogens with zero attached hydrogens (tertiary/aromatic N) is 3. The molecule has 0 saturated carbocycles. The fourth-order valence-corrected chi connectivity index (χ4v) is 4.07. The summed E-state index contributed by atoms with van der Waals surface area (Å²) >= 11 is 1.28. The average molecular weight is 429 g/mol. The molecule has 3 heterocycles. The van der Waals surface area contributed by atoms with E-state index in [1.807, 2.05) is 17.6 Å². The lowest BCUT2D eigenvalue weighted by Gasteiger charge is -2.07. The van der Waals surface area contributed by atoms with Crippen molar-refractivity contribution < 1.29 is 18.7 Å². The minimum atomic E-state index is -0.429. The zero-order chi connectivity index (χ0) is 21.8. The normalized spacial score (nSPS) is 10.9. The van der Waals surface area contributed by atoms with Gasteiger partial charge in [-0.1, -0.05) is 17.8 Å². The van der Waals surface area contributed by atoms with E-state index in [4.69, 9.17) is 9.15 Å². The van der Waals surface area contributed by atoms with Crippen molar-refractivity contribution in [3.63, 3.8) is 0 Å². The molecule has 3 aromatic rings. The number of aromatic amines is 1. The molecule has 0 bridgehead atoms. The number of ether oxygens (including phenoxy) is 1. The Morgan fingerprint density at radius 2 is 2.10 bits per heavy atom. The molecule has 0 saturated heterocycles. The second kappa shape index (κ2) is 9.17. The number of thioether (sulfide) groups is 1. The Bertz CT molecular complexity index is 1090. The highest BCUT2D eigenvalue weighted by molar-refractivity contribution is 7.99. The van der Waals surface area contributed by atoms with Crippen molar-refractivity contribution in [2.45, 2.75) is 39.4 Å². The maximum atomic E-state index is 12.8. The maximum absolute atomic E-state index is 12.8. The van der Waals surface area contributed by atoms with Crippen molar-refractivity contribution in [1.82, 2.24) is 19.7 Å². The van der Waals surface area contributed by atoms with Gasteiger partial charge in [-0.3, -0.25) is 9.36 Å². The molecule has 0 aliphatic rings. The van der Waals surface area contributed by atoms with Gasteiger partial charge in [-0.2, -0.15) is 0 Å². The molecule has 0 aliphatic heterocycles. The van der Waals surface area contributed by atoms with Crippen LogP contribution in [0.5, 0.6) is 0 Å². The van der Waals surface area contributed by atoms with Gasteiger partial charge in [0.05, 0.1) is 35.4 Å². The number of Topliss-reactive ketones (excluding diaryl/α,β-unsaturated/α-hetero) is 1. The first-order chi connectivity index (χ1) is 14.4. The molecule has 0 fully saturated rings. The lowest BCUT2D eigenvalue weighted by molar-refractivity contribution is 0.0525. The summed E-state index contributed by atoms with van der Waals surface area (Å²) in [5.74, 6) is 0.978. The largest absolute Gasteiger partial charge is 0.469 e. The number of hydrogen-bond donors (Lipinski definition) is 1. The van der Waals surface area contributed by atoms with Gasteiger partial charge in [0.25, 0.3) is 0 Å². The van der Waals surface area contributed by atoms with Gasteiger partial charge in [-0.25, -0.2) is 4.79 Å². The van der Waals surface area contributed by atoms with E-state index in [0.717, 1.165) is 11.3 Å².